The molecule has 0 bridgehead atoms. The summed E-state index contributed by atoms with van der Waals surface area (Å²) in [4.78, 5) is 21.2. The van der Waals surface area contributed by atoms with Crippen LogP contribution in [0, 0.1) is 11.6 Å². The zero-order valence-corrected chi connectivity index (χ0v) is 29.3. The SMILES string of the molecule is CC(C)(O)Cn1ncn(-c2ccc(N3CCN(c4ccc(-c5ccc(C(F)(F)[C@](O)(Cn6cnnn6)c6ccc(F)cc6F)nc5)cc4)CC3)cc2)c1=O. The van der Waals surface area contributed by atoms with Crippen molar-refractivity contribution in [3.8, 4) is 16.8 Å². The lowest BCUT2D eigenvalue weighted by Crippen LogP contribution is -2.48. The van der Waals surface area contributed by atoms with Gasteiger partial charge in [-0.2, -0.15) is 13.9 Å². The van der Waals surface area contributed by atoms with Crippen LogP contribution in [0.5, 0.6) is 0 Å². The third-order valence-corrected chi connectivity index (χ3v) is 9.37. The van der Waals surface area contributed by atoms with Crippen LogP contribution in [-0.2, 0) is 24.6 Å². The first-order valence-electron chi connectivity index (χ1n) is 17.0. The van der Waals surface area contributed by atoms with Crippen molar-refractivity contribution in [2.45, 2.75) is 44.1 Å². The summed E-state index contributed by atoms with van der Waals surface area (Å²) in [5, 5.41) is 35.9. The molecule has 4 heterocycles. The van der Waals surface area contributed by atoms with Crippen molar-refractivity contribution in [1.82, 2.24) is 39.5 Å². The van der Waals surface area contributed by atoms with Gasteiger partial charge < -0.3 is 20.0 Å². The molecule has 0 amide bonds. The van der Waals surface area contributed by atoms with Crippen LogP contribution in [-0.4, -0.2) is 81.5 Å². The molecular formula is C37H36F4N10O3. The number of rotatable bonds is 11. The number of aromatic nitrogens is 8. The van der Waals surface area contributed by atoms with Gasteiger partial charge in [-0.25, -0.2) is 27.5 Å². The summed E-state index contributed by atoms with van der Waals surface area (Å²) < 4.78 is 64.3. The van der Waals surface area contributed by atoms with E-state index in [1.165, 1.54) is 27.8 Å². The van der Waals surface area contributed by atoms with Gasteiger partial charge >= 0.3 is 11.6 Å². The van der Waals surface area contributed by atoms with Gasteiger partial charge in [0.05, 0.1) is 24.4 Å². The Bertz CT molecular complexity index is 2270. The van der Waals surface area contributed by atoms with E-state index in [4.69, 9.17) is 0 Å². The molecule has 6 aromatic rings. The predicted molar refractivity (Wildman–Crippen MR) is 190 cm³/mol. The molecule has 1 saturated heterocycles. The normalized spacial score (nSPS) is 15.0. The average Bonchev–Trinajstić information content (AvgIpc) is 3.80. The van der Waals surface area contributed by atoms with Gasteiger partial charge in [0, 0.05) is 60.9 Å². The highest BCUT2D eigenvalue weighted by Gasteiger charge is 2.58. The number of nitrogens with zero attached hydrogens (tertiary/aromatic N) is 10. The third kappa shape index (κ3) is 7.19. The van der Waals surface area contributed by atoms with Gasteiger partial charge in [-0.15, -0.1) is 5.10 Å². The van der Waals surface area contributed by atoms with Crippen molar-refractivity contribution in [1.29, 1.82) is 0 Å². The van der Waals surface area contributed by atoms with E-state index >= 15 is 8.78 Å². The fourth-order valence-corrected chi connectivity index (χ4v) is 6.53. The van der Waals surface area contributed by atoms with Crippen molar-refractivity contribution in [2.75, 3.05) is 36.0 Å². The molecule has 0 spiro atoms. The number of tetrazole rings is 1. The van der Waals surface area contributed by atoms with Crippen molar-refractivity contribution in [3.05, 3.63) is 131 Å². The number of hydrogen-bond donors (Lipinski definition) is 2. The number of pyridine rings is 1. The molecule has 0 saturated carbocycles. The van der Waals surface area contributed by atoms with Gasteiger partial charge in [-0.1, -0.05) is 18.2 Å². The zero-order valence-electron chi connectivity index (χ0n) is 29.3. The summed E-state index contributed by atoms with van der Waals surface area (Å²) in [6, 6.07) is 19.7. The van der Waals surface area contributed by atoms with Crippen LogP contribution in [0.3, 0.4) is 0 Å². The standard InChI is InChI=1S/C37H36F4N10O3/c1-35(2,53)21-51-34(52)50(24-44-51)30-11-9-29(10-12-30)48-17-15-47(16-18-48)28-7-3-25(4-8-28)26-5-14-33(42-20-26)37(40,41)36(54,22-49-23-43-45-46-49)31-13-6-27(38)19-32(31)39/h3-14,19-20,23-24,53-54H,15-18,21-22H2,1-2H3/t36-/m0/s1. The zero-order chi connectivity index (χ0) is 38.3. The summed E-state index contributed by atoms with van der Waals surface area (Å²) in [6.45, 7) is 5.38. The van der Waals surface area contributed by atoms with Crippen LogP contribution in [0.15, 0.2) is 103 Å². The van der Waals surface area contributed by atoms with Gasteiger partial charge in [0.25, 0.3) is 0 Å². The predicted octanol–water partition coefficient (Wildman–Crippen LogP) is 4.14. The molecule has 1 fully saturated rings. The maximum absolute atomic E-state index is 16.2. The topological polar surface area (TPSA) is 143 Å². The number of halogens is 4. The Morgan fingerprint density at radius 1 is 0.759 bits per heavy atom. The average molecular weight is 745 g/mol. The quantitative estimate of drug-likeness (QED) is 0.186. The van der Waals surface area contributed by atoms with E-state index < -0.39 is 46.6 Å². The first-order valence-corrected chi connectivity index (χ1v) is 17.0. The van der Waals surface area contributed by atoms with E-state index in [0.717, 1.165) is 72.3 Å². The van der Waals surface area contributed by atoms with Gasteiger partial charge in [-0.3, -0.25) is 4.98 Å². The minimum atomic E-state index is -4.16. The van der Waals surface area contributed by atoms with Crippen molar-refractivity contribution in [3.63, 3.8) is 0 Å². The van der Waals surface area contributed by atoms with Gasteiger partial charge in [0.2, 0.25) is 0 Å². The Kier molecular flexibility index (Phi) is 9.53. The highest BCUT2D eigenvalue weighted by Crippen LogP contribution is 2.47. The molecule has 0 aliphatic carbocycles. The molecule has 17 heteroatoms. The lowest BCUT2D eigenvalue weighted by molar-refractivity contribution is -0.207. The fraction of sp³-hybridized carbons (Fsp3) is 0.297. The Morgan fingerprint density at radius 3 is 1.93 bits per heavy atom. The maximum Gasteiger partial charge on any atom is 0.350 e. The van der Waals surface area contributed by atoms with Crippen LogP contribution >= 0.6 is 0 Å². The highest BCUT2D eigenvalue weighted by molar-refractivity contribution is 5.66. The minimum Gasteiger partial charge on any atom is -0.389 e. The first-order chi connectivity index (χ1) is 25.7. The van der Waals surface area contributed by atoms with Crippen molar-refractivity contribution >= 4 is 11.4 Å². The fourth-order valence-electron chi connectivity index (χ4n) is 6.53. The molecule has 3 aromatic heterocycles. The lowest BCUT2D eigenvalue weighted by Gasteiger charge is -2.37. The lowest BCUT2D eigenvalue weighted by atomic mass is 9.84. The van der Waals surface area contributed by atoms with Crippen molar-refractivity contribution in [2.24, 2.45) is 0 Å². The molecular weight excluding hydrogens is 708 g/mol. The Labute approximate surface area is 306 Å². The molecule has 7 rings (SSSR count). The number of aliphatic hydroxyl groups is 2. The molecule has 54 heavy (non-hydrogen) atoms. The molecule has 0 radical (unpaired) electrons. The molecule has 0 unspecified atom stereocenters. The van der Waals surface area contributed by atoms with Gasteiger partial charge in [0.15, 0.2) is 5.60 Å². The Balaban J connectivity index is 1.00. The van der Waals surface area contributed by atoms with E-state index in [0.29, 0.717) is 17.3 Å². The second-order valence-corrected chi connectivity index (χ2v) is 13.8. The maximum atomic E-state index is 16.2. The third-order valence-electron chi connectivity index (χ3n) is 9.37. The minimum absolute atomic E-state index is 0.0816. The molecule has 13 nitrogen and oxygen atoms in total. The van der Waals surface area contributed by atoms with Crippen molar-refractivity contribution < 1.29 is 27.8 Å². The summed E-state index contributed by atoms with van der Waals surface area (Å²) in [6.07, 6.45) is 3.69. The summed E-state index contributed by atoms with van der Waals surface area (Å²) in [7, 11) is 0. The number of anilines is 2. The monoisotopic (exact) mass is 744 g/mol. The molecule has 1 aliphatic heterocycles. The first kappa shape index (κ1) is 36.4. The second kappa shape index (κ2) is 14.1. The van der Waals surface area contributed by atoms with E-state index in [1.807, 2.05) is 48.5 Å². The number of piperazine rings is 1. The van der Waals surface area contributed by atoms with E-state index in [9.17, 15) is 23.8 Å². The molecule has 280 valence electrons. The van der Waals surface area contributed by atoms with Gasteiger partial charge in [0.1, 0.15) is 30.0 Å². The Hall–Kier alpha value is -5.94. The van der Waals surface area contributed by atoms with E-state index in [2.05, 4.69) is 35.4 Å². The highest BCUT2D eigenvalue weighted by atomic mass is 19.3. The van der Waals surface area contributed by atoms with Crippen LogP contribution in [0.2, 0.25) is 0 Å². The number of hydrogen-bond acceptors (Lipinski definition) is 10. The summed E-state index contributed by atoms with van der Waals surface area (Å²) in [5.41, 5.74) is -2.37. The molecule has 1 atom stereocenters. The van der Waals surface area contributed by atoms with Crippen LogP contribution in [0.25, 0.3) is 16.8 Å². The van der Waals surface area contributed by atoms with E-state index in [-0.39, 0.29) is 12.2 Å². The smallest absolute Gasteiger partial charge is 0.350 e. The molecule has 3 aromatic carbocycles. The van der Waals surface area contributed by atoms with E-state index in [1.54, 1.807) is 13.8 Å². The molecule has 1 aliphatic rings. The largest absolute Gasteiger partial charge is 0.389 e. The van der Waals surface area contributed by atoms with Crippen LogP contribution in [0.4, 0.5) is 28.9 Å². The summed E-state index contributed by atoms with van der Waals surface area (Å²) in [5.74, 6) is -6.51. The van der Waals surface area contributed by atoms with Crippen LogP contribution < -0.4 is 15.5 Å². The Morgan fingerprint density at radius 2 is 1.37 bits per heavy atom. The number of alkyl halides is 2. The summed E-state index contributed by atoms with van der Waals surface area (Å²) >= 11 is 0. The van der Waals surface area contributed by atoms with Crippen LogP contribution in [0.1, 0.15) is 25.1 Å². The van der Waals surface area contributed by atoms with Gasteiger partial charge in [-0.05, 0) is 84.4 Å². The second-order valence-electron chi connectivity index (χ2n) is 13.8. The number of benzene rings is 3. The molecule has 2 N–H and O–H groups in total.